The first-order valence-corrected chi connectivity index (χ1v) is 10.1. The molecule has 6 nitrogen and oxygen atoms in total. The molecule has 0 radical (unpaired) electrons. The predicted octanol–water partition coefficient (Wildman–Crippen LogP) is 2.09. The Morgan fingerprint density at radius 2 is 1.96 bits per heavy atom. The molecule has 2 unspecified atom stereocenters. The monoisotopic (exact) mass is 373 g/mol. The van der Waals surface area contributed by atoms with Crippen molar-refractivity contribution in [2.24, 2.45) is 4.99 Å². The van der Waals surface area contributed by atoms with Gasteiger partial charge in [-0.1, -0.05) is 18.2 Å². The molecule has 0 bridgehead atoms. The number of nitrogens with zero attached hydrogens (tertiary/aromatic N) is 3. The minimum absolute atomic E-state index is 0.190. The van der Waals surface area contributed by atoms with Crippen molar-refractivity contribution in [2.75, 3.05) is 46.8 Å². The maximum atomic E-state index is 6.14. The molecule has 6 heteroatoms. The summed E-state index contributed by atoms with van der Waals surface area (Å²) in [4.78, 5) is 9.40. The molecule has 2 aliphatic heterocycles. The number of likely N-dealkylation sites (N-methyl/N-ethyl adjacent to an activating group) is 1. The molecule has 3 rings (SSSR count). The second kappa shape index (κ2) is 8.48. The van der Waals surface area contributed by atoms with Crippen LogP contribution in [0.25, 0.3) is 0 Å². The zero-order valence-corrected chi connectivity index (χ0v) is 17.5. The number of rotatable bonds is 4. The van der Waals surface area contributed by atoms with Gasteiger partial charge in [0.25, 0.3) is 0 Å². The molecule has 1 fully saturated rings. The molecule has 0 amide bonds. The van der Waals surface area contributed by atoms with Crippen molar-refractivity contribution < 1.29 is 4.74 Å². The lowest BCUT2D eigenvalue weighted by atomic mass is 9.90. The number of piperazine rings is 1. The van der Waals surface area contributed by atoms with E-state index in [1.165, 1.54) is 5.56 Å². The van der Waals surface area contributed by atoms with Gasteiger partial charge >= 0.3 is 0 Å². The van der Waals surface area contributed by atoms with Crippen LogP contribution in [0.1, 0.15) is 38.8 Å². The van der Waals surface area contributed by atoms with E-state index < -0.39 is 0 Å². The first-order valence-electron chi connectivity index (χ1n) is 10.1. The Bertz CT molecular complexity index is 652. The molecule has 27 heavy (non-hydrogen) atoms. The molecule has 2 N–H and O–H groups in total. The van der Waals surface area contributed by atoms with Gasteiger partial charge in [0.15, 0.2) is 5.96 Å². The minimum Gasteiger partial charge on any atom is -0.487 e. The fourth-order valence-electron chi connectivity index (χ4n) is 3.93. The van der Waals surface area contributed by atoms with E-state index in [-0.39, 0.29) is 11.6 Å². The number of para-hydroxylation sites is 1. The molecule has 1 aromatic rings. The van der Waals surface area contributed by atoms with Gasteiger partial charge in [-0.3, -0.25) is 9.89 Å². The molecule has 150 valence electrons. The maximum Gasteiger partial charge on any atom is 0.191 e. The summed E-state index contributed by atoms with van der Waals surface area (Å²) in [6.07, 6.45) is 0.902. The number of guanidine groups is 1. The highest BCUT2D eigenvalue weighted by molar-refractivity contribution is 5.80. The number of fused-ring (bicyclic) bond motifs is 1. The second-order valence-corrected chi connectivity index (χ2v) is 8.44. The summed E-state index contributed by atoms with van der Waals surface area (Å²) in [5, 5.41) is 7.14. The summed E-state index contributed by atoms with van der Waals surface area (Å²) in [5.74, 6) is 1.82. The number of ether oxygens (including phenoxy) is 1. The van der Waals surface area contributed by atoms with Gasteiger partial charge in [0.05, 0.1) is 6.04 Å². The summed E-state index contributed by atoms with van der Waals surface area (Å²) >= 11 is 0. The topological polar surface area (TPSA) is 52.1 Å². The predicted molar refractivity (Wildman–Crippen MR) is 112 cm³/mol. The maximum absolute atomic E-state index is 6.14. The Balaban J connectivity index is 1.59. The first-order chi connectivity index (χ1) is 12.9. The summed E-state index contributed by atoms with van der Waals surface area (Å²) in [7, 11) is 4.03. The van der Waals surface area contributed by atoms with Gasteiger partial charge in [-0.15, -0.1) is 0 Å². The van der Waals surface area contributed by atoms with E-state index >= 15 is 0 Å². The van der Waals surface area contributed by atoms with Crippen LogP contribution in [0.2, 0.25) is 0 Å². The highest BCUT2D eigenvalue weighted by atomic mass is 16.5. The van der Waals surface area contributed by atoms with Crippen LogP contribution in [-0.4, -0.2) is 74.2 Å². The Kier molecular flexibility index (Phi) is 6.27. The van der Waals surface area contributed by atoms with Crippen LogP contribution >= 0.6 is 0 Å². The van der Waals surface area contributed by atoms with Gasteiger partial charge in [-0.25, -0.2) is 0 Å². The number of aliphatic imine (C=N–C) groups is 1. The zero-order chi connectivity index (χ0) is 19.4. The zero-order valence-electron chi connectivity index (χ0n) is 17.5. The highest BCUT2D eigenvalue weighted by Gasteiger charge is 2.34. The van der Waals surface area contributed by atoms with Gasteiger partial charge < -0.3 is 20.3 Å². The number of benzene rings is 1. The fourth-order valence-corrected chi connectivity index (χ4v) is 3.93. The lowest BCUT2D eigenvalue weighted by molar-refractivity contribution is 0.0693. The number of hydrogen-bond acceptors (Lipinski definition) is 4. The second-order valence-electron chi connectivity index (χ2n) is 8.44. The third-order valence-electron chi connectivity index (χ3n) is 5.64. The van der Waals surface area contributed by atoms with Crippen LogP contribution in [0.15, 0.2) is 29.3 Å². The van der Waals surface area contributed by atoms with Crippen LogP contribution in [-0.2, 0) is 0 Å². The standard InChI is InChI=1S/C21H35N5O/c1-16(26-12-10-25(5)11-13-26)15-23-20(22-4)24-18-14-21(2,3)27-19-9-7-6-8-17(18)19/h6-9,16,18H,10-15H2,1-5H3,(H2,22,23,24). The van der Waals surface area contributed by atoms with Crippen molar-refractivity contribution in [1.29, 1.82) is 0 Å². The minimum atomic E-state index is -0.196. The van der Waals surface area contributed by atoms with Crippen molar-refractivity contribution in [2.45, 2.75) is 44.9 Å². The molecule has 0 aromatic heterocycles. The Labute approximate surface area is 164 Å². The van der Waals surface area contributed by atoms with Crippen LogP contribution in [0, 0.1) is 0 Å². The van der Waals surface area contributed by atoms with Crippen LogP contribution in [0.3, 0.4) is 0 Å². The third-order valence-corrected chi connectivity index (χ3v) is 5.64. The largest absolute Gasteiger partial charge is 0.487 e. The van der Waals surface area contributed by atoms with Crippen LogP contribution in [0.5, 0.6) is 5.75 Å². The highest BCUT2D eigenvalue weighted by Crippen LogP contribution is 2.39. The molecule has 2 aliphatic rings. The molecular weight excluding hydrogens is 338 g/mol. The molecule has 2 heterocycles. The molecule has 0 aliphatic carbocycles. The third kappa shape index (κ3) is 5.14. The van der Waals surface area contributed by atoms with E-state index in [1.807, 2.05) is 13.1 Å². The van der Waals surface area contributed by atoms with Gasteiger partial charge in [-0.2, -0.15) is 0 Å². The summed E-state index contributed by atoms with van der Waals surface area (Å²) in [6, 6.07) is 8.97. The average molecular weight is 374 g/mol. The van der Waals surface area contributed by atoms with Crippen molar-refractivity contribution in [3.05, 3.63) is 29.8 Å². The molecule has 0 saturated carbocycles. The normalized spacial score (nSPS) is 24.6. The Morgan fingerprint density at radius 3 is 2.67 bits per heavy atom. The van der Waals surface area contributed by atoms with Crippen molar-refractivity contribution in [1.82, 2.24) is 20.4 Å². The number of hydrogen-bond donors (Lipinski definition) is 2. The van der Waals surface area contributed by atoms with Crippen LogP contribution < -0.4 is 15.4 Å². The first kappa shape index (κ1) is 20.0. The van der Waals surface area contributed by atoms with E-state index in [0.717, 1.165) is 50.9 Å². The summed E-state index contributed by atoms with van der Waals surface area (Å²) in [6.45, 7) is 12.0. The van der Waals surface area contributed by atoms with Gasteiger partial charge in [0.1, 0.15) is 11.4 Å². The lowest BCUT2D eigenvalue weighted by Gasteiger charge is -2.39. The molecule has 0 spiro atoms. The molecular formula is C21H35N5O. The molecule has 1 aromatic carbocycles. The molecule has 1 saturated heterocycles. The van der Waals surface area contributed by atoms with Gasteiger partial charge in [0.2, 0.25) is 0 Å². The van der Waals surface area contributed by atoms with Crippen molar-refractivity contribution >= 4 is 5.96 Å². The lowest BCUT2D eigenvalue weighted by Crippen LogP contribution is -2.53. The van der Waals surface area contributed by atoms with Gasteiger partial charge in [0, 0.05) is 57.8 Å². The Hall–Kier alpha value is -1.79. The van der Waals surface area contributed by atoms with E-state index in [9.17, 15) is 0 Å². The van der Waals surface area contributed by atoms with Crippen molar-refractivity contribution in [3.63, 3.8) is 0 Å². The fraction of sp³-hybridized carbons (Fsp3) is 0.667. The smallest absolute Gasteiger partial charge is 0.191 e. The van der Waals surface area contributed by atoms with Crippen molar-refractivity contribution in [3.8, 4) is 5.75 Å². The quantitative estimate of drug-likeness (QED) is 0.625. The van der Waals surface area contributed by atoms with E-state index in [2.05, 4.69) is 71.4 Å². The molecule has 2 atom stereocenters. The SMILES string of the molecule is CN=C(NCC(C)N1CCN(C)CC1)NC1CC(C)(C)Oc2ccccc21. The van der Waals surface area contributed by atoms with Gasteiger partial charge in [-0.05, 0) is 33.9 Å². The van der Waals surface area contributed by atoms with E-state index in [1.54, 1.807) is 0 Å². The average Bonchev–Trinajstić information content (AvgIpc) is 2.64. The summed E-state index contributed by atoms with van der Waals surface area (Å²) < 4.78 is 6.14. The van der Waals surface area contributed by atoms with Crippen LogP contribution in [0.4, 0.5) is 0 Å². The Morgan fingerprint density at radius 1 is 1.26 bits per heavy atom. The van der Waals surface area contributed by atoms with E-state index in [4.69, 9.17) is 4.74 Å². The van der Waals surface area contributed by atoms with E-state index in [0.29, 0.717) is 6.04 Å². The summed E-state index contributed by atoms with van der Waals surface area (Å²) in [5.41, 5.74) is 1.00. The number of nitrogens with one attached hydrogen (secondary N) is 2.